The van der Waals surface area contributed by atoms with Gasteiger partial charge in [0.15, 0.2) is 0 Å². The Morgan fingerprint density at radius 1 is 1.44 bits per heavy atom. The van der Waals surface area contributed by atoms with Crippen LogP contribution < -0.4 is 10.6 Å². The van der Waals surface area contributed by atoms with Crippen molar-refractivity contribution in [3.8, 4) is 0 Å². The Balaban J connectivity index is 2.26. The van der Waals surface area contributed by atoms with Crippen molar-refractivity contribution in [3.05, 3.63) is 0 Å². The van der Waals surface area contributed by atoms with Gasteiger partial charge in [0.25, 0.3) is 0 Å². The highest BCUT2D eigenvalue weighted by atomic mass is 16.1. The molecule has 0 radical (unpaired) electrons. The van der Waals surface area contributed by atoms with Crippen LogP contribution in [0, 0.1) is 5.92 Å². The fourth-order valence-corrected chi connectivity index (χ4v) is 2.76. The molecule has 2 N–H and O–H groups in total. The maximum Gasteiger partial charge on any atom is 0.220 e. The van der Waals surface area contributed by atoms with Gasteiger partial charge in [0.2, 0.25) is 5.91 Å². The lowest BCUT2D eigenvalue weighted by atomic mass is 9.94. The predicted molar refractivity (Wildman–Crippen MR) is 76.6 cm³/mol. The van der Waals surface area contributed by atoms with Crippen LogP contribution in [-0.4, -0.2) is 24.5 Å². The first-order valence-corrected chi connectivity index (χ1v) is 7.68. The summed E-state index contributed by atoms with van der Waals surface area (Å²) in [4.78, 5) is 12.0. The molecule has 0 bridgehead atoms. The van der Waals surface area contributed by atoms with Crippen LogP contribution in [0.2, 0.25) is 0 Å². The highest BCUT2D eigenvalue weighted by molar-refractivity contribution is 5.76. The first-order chi connectivity index (χ1) is 8.65. The lowest BCUT2D eigenvalue weighted by Crippen LogP contribution is -2.46. The van der Waals surface area contributed by atoms with E-state index in [1.807, 2.05) is 0 Å². The largest absolute Gasteiger partial charge is 0.353 e. The van der Waals surface area contributed by atoms with E-state index in [0.29, 0.717) is 18.0 Å². The smallest absolute Gasteiger partial charge is 0.220 e. The number of carbonyl (C=O) groups is 1. The van der Waals surface area contributed by atoms with Gasteiger partial charge in [-0.25, -0.2) is 0 Å². The number of nitrogens with one attached hydrogen (secondary N) is 2. The third kappa shape index (κ3) is 5.85. The molecule has 1 amide bonds. The van der Waals surface area contributed by atoms with Crippen molar-refractivity contribution >= 4 is 5.91 Å². The van der Waals surface area contributed by atoms with Crippen molar-refractivity contribution in [2.75, 3.05) is 6.54 Å². The molecule has 18 heavy (non-hydrogen) atoms. The van der Waals surface area contributed by atoms with Crippen LogP contribution in [-0.2, 0) is 4.79 Å². The molecule has 1 heterocycles. The summed E-state index contributed by atoms with van der Waals surface area (Å²) in [5, 5.41) is 6.63. The van der Waals surface area contributed by atoms with Crippen molar-refractivity contribution in [2.24, 2.45) is 5.92 Å². The van der Waals surface area contributed by atoms with Crippen molar-refractivity contribution in [3.63, 3.8) is 0 Å². The first kappa shape index (κ1) is 15.5. The molecule has 0 saturated carbocycles. The van der Waals surface area contributed by atoms with Gasteiger partial charge in [0, 0.05) is 18.5 Å². The third-order valence-corrected chi connectivity index (χ3v) is 4.01. The minimum absolute atomic E-state index is 0.261. The van der Waals surface area contributed by atoms with Crippen LogP contribution >= 0.6 is 0 Å². The average Bonchev–Trinajstić information content (AvgIpc) is 2.34. The minimum atomic E-state index is 0.261. The Labute approximate surface area is 112 Å². The Morgan fingerprint density at radius 3 is 2.83 bits per heavy atom. The molecule has 1 rings (SSSR count). The van der Waals surface area contributed by atoms with Crippen LogP contribution in [0.15, 0.2) is 0 Å². The number of hydrogen-bond donors (Lipinski definition) is 2. The van der Waals surface area contributed by atoms with Crippen molar-refractivity contribution in [2.45, 2.75) is 77.8 Å². The zero-order chi connectivity index (χ0) is 13.4. The fourth-order valence-electron chi connectivity index (χ4n) is 2.76. The summed E-state index contributed by atoms with van der Waals surface area (Å²) >= 11 is 0. The molecule has 1 aliphatic heterocycles. The van der Waals surface area contributed by atoms with Gasteiger partial charge in [0.1, 0.15) is 0 Å². The number of unbranched alkanes of at least 4 members (excludes halogenated alkanes) is 1. The Morgan fingerprint density at radius 2 is 2.22 bits per heavy atom. The van der Waals surface area contributed by atoms with E-state index in [4.69, 9.17) is 0 Å². The third-order valence-electron chi connectivity index (χ3n) is 4.01. The molecule has 0 aromatic rings. The quantitative estimate of drug-likeness (QED) is 0.733. The average molecular weight is 254 g/mol. The molecule has 3 atom stereocenters. The SMILES string of the molecule is CCCCC(CC)CC(=O)NC1CCNC(C)C1. The normalized spacial score (nSPS) is 25.7. The summed E-state index contributed by atoms with van der Waals surface area (Å²) < 4.78 is 0. The molecule has 3 heteroatoms. The molecule has 1 saturated heterocycles. The second-order valence-corrected chi connectivity index (χ2v) is 5.76. The van der Waals surface area contributed by atoms with Gasteiger partial charge >= 0.3 is 0 Å². The van der Waals surface area contributed by atoms with E-state index in [2.05, 4.69) is 31.4 Å². The van der Waals surface area contributed by atoms with Crippen molar-refractivity contribution in [1.29, 1.82) is 0 Å². The highest BCUT2D eigenvalue weighted by Gasteiger charge is 2.20. The number of hydrogen-bond acceptors (Lipinski definition) is 2. The zero-order valence-corrected chi connectivity index (χ0v) is 12.3. The molecule has 3 unspecified atom stereocenters. The standard InChI is InChI=1S/C15H30N2O/c1-4-6-7-13(5-2)11-15(18)17-14-8-9-16-12(3)10-14/h12-14,16H,4-11H2,1-3H3,(H,17,18). The van der Waals surface area contributed by atoms with Gasteiger partial charge in [0.05, 0.1) is 0 Å². The van der Waals surface area contributed by atoms with E-state index in [-0.39, 0.29) is 5.91 Å². The topological polar surface area (TPSA) is 41.1 Å². The van der Waals surface area contributed by atoms with Gasteiger partial charge in [-0.1, -0.05) is 33.1 Å². The Bertz CT molecular complexity index is 243. The van der Waals surface area contributed by atoms with Crippen LogP contribution in [0.1, 0.15) is 65.7 Å². The molecular formula is C15H30N2O. The Hall–Kier alpha value is -0.570. The van der Waals surface area contributed by atoms with Gasteiger partial charge in [-0.05, 0) is 38.6 Å². The number of rotatable bonds is 7. The molecule has 106 valence electrons. The van der Waals surface area contributed by atoms with E-state index in [1.54, 1.807) is 0 Å². The molecule has 1 aliphatic rings. The van der Waals surface area contributed by atoms with Gasteiger partial charge < -0.3 is 10.6 Å². The van der Waals surface area contributed by atoms with Crippen molar-refractivity contribution in [1.82, 2.24) is 10.6 Å². The monoisotopic (exact) mass is 254 g/mol. The number of piperidine rings is 1. The van der Waals surface area contributed by atoms with Crippen molar-refractivity contribution < 1.29 is 4.79 Å². The van der Waals surface area contributed by atoms with Gasteiger partial charge in [-0.15, -0.1) is 0 Å². The summed E-state index contributed by atoms with van der Waals surface area (Å²) in [5.74, 6) is 0.834. The molecule has 0 aromatic carbocycles. The van der Waals surface area contributed by atoms with Crippen LogP contribution in [0.25, 0.3) is 0 Å². The van der Waals surface area contributed by atoms with Crippen LogP contribution in [0.5, 0.6) is 0 Å². The van der Waals surface area contributed by atoms with Gasteiger partial charge in [-0.2, -0.15) is 0 Å². The summed E-state index contributed by atoms with van der Waals surface area (Å²) in [6, 6.07) is 0.920. The molecular weight excluding hydrogens is 224 g/mol. The molecule has 1 fully saturated rings. The summed E-state index contributed by atoms with van der Waals surface area (Å²) in [7, 11) is 0. The van der Waals surface area contributed by atoms with E-state index in [0.717, 1.165) is 32.2 Å². The predicted octanol–water partition coefficient (Wildman–Crippen LogP) is 2.85. The summed E-state index contributed by atoms with van der Waals surface area (Å²) in [6.07, 6.45) is 7.65. The molecule has 3 nitrogen and oxygen atoms in total. The second-order valence-electron chi connectivity index (χ2n) is 5.76. The second kappa shape index (κ2) is 8.52. The van der Waals surface area contributed by atoms with Crippen LogP contribution in [0.4, 0.5) is 0 Å². The van der Waals surface area contributed by atoms with E-state index in [1.165, 1.54) is 19.3 Å². The maximum atomic E-state index is 12.0. The summed E-state index contributed by atoms with van der Waals surface area (Å²) in [5.41, 5.74) is 0. The zero-order valence-electron chi connectivity index (χ0n) is 12.3. The summed E-state index contributed by atoms with van der Waals surface area (Å²) in [6.45, 7) is 7.62. The highest BCUT2D eigenvalue weighted by Crippen LogP contribution is 2.17. The van der Waals surface area contributed by atoms with Crippen LogP contribution in [0.3, 0.4) is 0 Å². The lowest BCUT2D eigenvalue weighted by molar-refractivity contribution is -0.123. The molecule has 0 spiro atoms. The van der Waals surface area contributed by atoms with Gasteiger partial charge in [-0.3, -0.25) is 4.79 Å². The van der Waals surface area contributed by atoms with E-state index in [9.17, 15) is 4.79 Å². The number of carbonyl (C=O) groups excluding carboxylic acids is 1. The Kier molecular flexibility index (Phi) is 7.33. The number of amides is 1. The van der Waals surface area contributed by atoms with E-state index >= 15 is 0 Å². The fraction of sp³-hybridized carbons (Fsp3) is 0.933. The molecule has 0 aromatic heterocycles. The van der Waals surface area contributed by atoms with E-state index < -0.39 is 0 Å². The minimum Gasteiger partial charge on any atom is -0.353 e. The molecule has 0 aliphatic carbocycles. The lowest BCUT2D eigenvalue weighted by Gasteiger charge is -2.29. The maximum absolute atomic E-state index is 12.0. The first-order valence-electron chi connectivity index (χ1n) is 7.68.